The summed E-state index contributed by atoms with van der Waals surface area (Å²) in [6.45, 7) is 4.83. The van der Waals surface area contributed by atoms with E-state index in [1.807, 2.05) is 6.33 Å². The minimum atomic E-state index is -0.398. The highest BCUT2D eigenvalue weighted by Crippen LogP contribution is 2.18. The fourth-order valence-electron chi connectivity index (χ4n) is 2.03. The number of nitrogens with one attached hydrogen (secondary N) is 1. The Kier molecular flexibility index (Phi) is 4.04. The molecule has 0 aliphatic carbocycles. The van der Waals surface area contributed by atoms with Crippen LogP contribution in [-0.4, -0.2) is 29.3 Å². The summed E-state index contributed by atoms with van der Waals surface area (Å²) >= 11 is 0. The molecule has 0 aliphatic rings. The van der Waals surface area contributed by atoms with Crippen LogP contribution < -0.4 is 5.32 Å². The van der Waals surface area contributed by atoms with Gasteiger partial charge < -0.3 is 14.6 Å². The molecular formula is C14H19N3O2. The van der Waals surface area contributed by atoms with Crippen LogP contribution in [0.2, 0.25) is 0 Å². The number of hydrogen-bond acceptors (Lipinski definition) is 3. The number of methoxy groups -OCH3 is 1. The Labute approximate surface area is 112 Å². The van der Waals surface area contributed by atoms with E-state index in [0.717, 1.165) is 23.0 Å². The van der Waals surface area contributed by atoms with Crippen molar-refractivity contribution >= 4 is 17.1 Å². The fraction of sp³-hybridized carbons (Fsp3) is 0.429. The lowest BCUT2D eigenvalue weighted by Crippen LogP contribution is -2.25. The summed E-state index contributed by atoms with van der Waals surface area (Å²) < 4.78 is 6.67. The number of nitrogens with zero attached hydrogens (tertiary/aromatic N) is 2. The van der Waals surface area contributed by atoms with Crippen molar-refractivity contribution < 1.29 is 9.53 Å². The van der Waals surface area contributed by atoms with E-state index in [1.165, 1.54) is 7.11 Å². The van der Waals surface area contributed by atoms with E-state index in [0.29, 0.717) is 12.6 Å². The van der Waals surface area contributed by atoms with Gasteiger partial charge in [0.25, 0.3) is 0 Å². The van der Waals surface area contributed by atoms with Gasteiger partial charge in [-0.1, -0.05) is 6.07 Å². The maximum atomic E-state index is 10.9. The number of rotatable bonds is 4. The quantitative estimate of drug-likeness (QED) is 0.920. The van der Waals surface area contributed by atoms with Gasteiger partial charge in [0.15, 0.2) is 0 Å². The molecular weight excluding hydrogens is 242 g/mol. The molecule has 1 aromatic carbocycles. The van der Waals surface area contributed by atoms with Crippen LogP contribution in [0.25, 0.3) is 11.0 Å². The largest absolute Gasteiger partial charge is 0.453 e. The van der Waals surface area contributed by atoms with Gasteiger partial charge in [-0.3, -0.25) is 0 Å². The maximum absolute atomic E-state index is 10.9. The Balaban J connectivity index is 2.08. The second kappa shape index (κ2) is 5.73. The van der Waals surface area contributed by atoms with E-state index in [9.17, 15) is 4.79 Å². The second-order valence-corrected chi connectivity index (χ2v) is 4.74. The third-order valence-corrected chi connectivity index (χ3v) is 3.06. The zero-order chi connectivity index (χ0) is 13.8. The minimum absolute atomic E-state index is 0.398. The Morgan fingerprint density at radius 3 is 2.95 bits per heavy atom. The predicted molar refractivity (Wildman–Crippen MR) is 74.2 cm³/mol. The molecule has 2 rings (SSSR count). The molecule has 0 spiro atoms. The van der Waals surface area contributed by atoms with E-state index in [-0.39, 0.29) is 0 Å². The van der Waals surface area contributed by atoms with Crippen molar-refractivity contribution in [1.29, 1.82) is 0 Å². The summed E-state index contributed by atoms with van der Waals surface area (Å²) in [6.07, 6.45) is 2.23. The Morgan fingerprint density at radius 1 is 1.47 bits per heavy atom. The molecule has 0 saturated carbocycles. The van der Waals surface area contributed by atoms with E-state index in [1.54, 1.807) is 0 Å². The normalized spacial score (nSPS) is 10.9. The lowest BCUT2D eigenvalue weighted by atomic mass is 10.1. The summed E-state index contributed by atoms with van der Waals surface area (Å²) in [6, 6.07) is 6.61. The molecule has 0 fully saturated rings. The highest BCUT2D eigenvalue weighted by Gasteiger charge is 2.06. The number of fused-ring (bicyclic) bond motifs is 1. The predicted octanol–water partition coefficient (Wildman–Crippen LogP) is 2.52. The molecule has 19 heavy (non-hydrogen) atoms. The summed E-state index contributed by atoms with van der Waals surface area (Å²) in [7, 11) is 1.36. The SMILES string of the molecule is COC(=O)NCCc1ccc2c(c1)ncn2C(C)C. The summed E-state index contributed by atoms with van der Waals surface area (Å²) in [5.74, 6) is 0. The zero-order valence-corrected chi connectivity index (χ0v) is 11.5. The van der Waals surface area contributed by atoms with E-state index in [4.69, 9.17) is 0 Å². The number of benzene rings is 1. The molecule has 1 heterocycles. The van der Waals surface area contributed by atoms with Crippen LogP contribution in [0.4, 0.5) is 4.79 Å². The Bertz CT molecular complexity index is 575. The van der Waals surface area contributed by atoms with Crippen molar-refractivity contribution in [3.8, 4) is 0 Å². The van der Waals surface area contributed by atoms with Crippen molar-refractivity contribution in [2.45, 2.75) is 26.3 Å². The molecule has 1 N–H and O–H groups in total. The van der Waals surface area contributed by atoms with Crippen molar-refractivity contribution in [1.82, 2.24) is 14.9 Å². The molecule has 0 saturated heterocycles. The van der Waals surface area contributed by atoms with Crippen LogP contribution in [0.15, 0.2) is 24.5 Å². The van der Waals surface area contributed by atoms with Gasteiger partial charge in [0.2, 0.25) is 0 Å². The van der Waals surface area contributed by atoms with Gasteiger partial charge in [0.05, 0.1) is 24.5 Å². The third-order valence-electron chi connectivity index (χ3n) is 3.06. The first-order valence-corrected chi connectivity index (χ1v) is 6.39. The number of hydrogen-bond donors (Lipinski definition) is 1. The Morgan fingerprint density at radius 2 is 2.26 bits per heavy atom. The van der Waals surface area contributed by atoms with Crippen molar-refractivity contribution in [3.05, 3.63) is 30.1 Å². The fourth-order valence-corrected chi connectivity index (χ4v) is 2.03. The number of aromatic nitrogens is 2. The topological polar surface area (TPSA) is 56.1 Å². The van der Waals surface area contributed by atoms with Gasteiger partial charge in [-0.05, 0) is 38.0 Å². The molecule has 5 heteroatoms. The first-order chi connectivity index (χ1) is 9.11. The Hall–Kier alpha value is -2.04. The molecule has 0 bridgehead atoms. The van der Waals surface area contributed by atoms with Crippen LogP contribution in [0.3, 0.4) is 0 Å². The highest BCUT2D eigenvalue weighted by atomic mass is 16.5. The first kappa shape index (κ1) is 13.4. The molecule has 1 amide bonds. The lowest BCUT2D eigenvalue weighted by molar-refractivity contribution is 0.171. The van der Waals surface area contributed by atoms with E-state index in [2.05, 4.69) is 51.7 Å². The van der Waals surface area contributed by atoms with E-state index >= 15 is 0 Å². The van der Waals surface area contributed by atoms with Crippen LogP contribution in [0.1, 0.15) is 25.5 Å². The highest BCUT2D eigenvalue weighted by molar-refractivity contribution is 5.76. The van der Waals surface area contributed by atoms with Crippen LogP contribution in [0.5, 0.6) is 0 Å². The van der Waals surface area contributed by atoms with Crippen LogP contribution in [-0.2, 0) is 11.2 Å². The number of amides is 1. The van der Waals surface area contributed by atoms with Gasteiger partial charge in [0.1, 0.15) is 0 Å². The summed E-state index contributed by atoms with van der Waals surface area (Å²) in [5, 5.41) is 2.67. The van der Waals surface area contributed by atoms with Crippen LogP contribution in [0, 0.1) is 0 Å². The minimum Gasteiger partial charge on any atom is -0.453 e. The summed E-state index contributed by atoms with van der Waals surface area (Å²) in [4.78, 5) is 15.4. The number of carbonyl (C=O) groups excluding carboxylic acids is 1. The monoisotopic (exact) mass is 261 g/mol. The second-order valence-electron chi connectivity index (χ2n) is 4.74. The molecule has 0 radical (unpaired) electrons. The van der Waals surface area contributed by atoms with Gasteiger partial charge in [-0.15, -0.1) is 0 Å². The van der Waals surface area contributed by atoms with E-state index < -0.39 is 6.09 Å². The van der Waals surface area contributed by atoms with Crippen molar-refractivity contribution in [3.63, 3.8) is 0 Å². The zero-order valence-electron chi connectivity index (χ0n) is 11.5. The van der Waals surface area contributed by atoms with Crippen LogP contribution >= 0.6 is 0 Å². The number of ether oxygens (including phenoxy) is 1. The van der Waals surface area contributed by atoms with Crippen molar-refractivity contribution in [2.75, 3.05) is 13.7 Å². The van der Waals surface area contributed by atoms with Gasteiger partial charge in [-0.2, -0.15) is 0 Å². The standard InChI is InChI=1S/C14H19N3O2/c1-10(2)17-9-16-12-8-11(4-5-13(12)17)6-7-15-14(18)19-3/h4-5,8-10H,6-7H2,1-3H3,(H,15,18). The van der Waals surface area contributed by atoms with Gasteiger partial charge in [0, 0.05) is 12.6 Å². The van der Waals surface area contributed by atoms with Gasteiger partial charge in [-0.25, -0.2) is 9.78 Å². The molecule has 0 atom stereocenters. The first-order valence-electron chi connectivity index (χ1n) is 6.39. The molecule has 1 aromatic heterocycles. The number of carbonyl (C=O) groups is 1. The molecule has 2 aromatic rings. The smallest absolute Gasteiger partial charge is 0.406 e. The molecule has 5 nitrogen and oxygen atoms in total. The number of imidazole rings is 1. The number of alkyl carbamates (subject to hydrolysis) is 1. The van der Waals surface area contributed by atoms with Crippen molar-refractivity contribution in [2.24, 2.45) is 0 Å². The third kappa shape index (κ3) is 3.05. The molecule has 0 aliphatic heterocycles. The lowest BCUT2D eigenvalue weighted by Gasteiger charge is -2.08. The molecule has 0 unspecified atom stereocenters. The average molecular weight is 261 g/mol. The van der Waals surface area contributed by atoms with Gasteiger partial charge >= 0.3 is 6.09 Å². The molecule has 102 valence electrons. The summed E-state index contributed by atoms with van der Waals surface area (Å²) in [5.41, 5.74) is 3.28. The average Bonchev–Trinajstić information content (AvgIpc) is 2.81. The maximum Gasteiger partial charge on any atom is 0.406 e.